The minimum Gasteiger partial charge on any atom is -0.488 e. The largest absolute Gasteiger partial charge is 0.488 e. The van der Waals surface area contributed by atoms with Gasteiger partial charge >= 0.3 is 0 Å². The molecule has 0 aliphatic carbocycles. The van der Waals surface area contributed by atoms with Gasteiger partial charge in [-0.15, -0.1) is 11.3 Å². The molecule has 5 aromatic carbocycles. The van der Waals surface area contributed by atoms with Crippen LogP contribution in [0.15, 0.2) is 114 Å². The molecule has 0 saturated heterocycles. The maximum absolute atomic E-state index is 6.24. The molecule has 0 unspecified atom stereocenters. The van der Waals surface area contributed by atoms with Crippen LogP contribution in [-0.4, -0.2) is 11.2 Å². The molecular formula is C32H24N2OS. The summed E-state index contributed by atoms with van der Waals surface area (Å²) in [4.78, 5) is 9.61. The highest BCUT2D eigenvalue weighted by Crippen LogP contribution is 2.32. The van der Waals surface area contributed by atoms with Crippen LogP contribution in [0.1, 0.15) is 16.7 Å². The van der Waals surface area contributed by atoms with Crippen LogP contribution in [0.5, 0.6) is 5.75 Å². The summed E-state index contributed by atoms with van der Waals surface area (Å²) in [5.74, 6) is 0.822. The van der Waals surface area contributed by atoms with Gasteiger partial charge in [0.15, 0.2) is 0 Å². The molecule has 0 aliphatic rings. The summed E-state index contributed by atoms with van der Waals surface area (Å²) in [6, 6.07) is 37.3. The van der Waals surface area contributed by atoms with E-state index >= 15 is 0 Å². The third-order valence-corrected chi connectivity index (χ3v) is 7.24. The van der Waals surface area contributed by atoms with Crippen LogP contribution < -0.4 is 4.74 Å². The smallest absolute Gasteiger partial charge is 0.129 e. The quantitative estimate of drug-likeness (QED) is 0.221. The Balaban J connectivity index is 1.29. The number of rotatable bonds is 6. The number of ether oxygens (including phenoxy) is 1. The summed E-state index contributed by atoms with van der Waals surface area (Å²) in [5.41, 5.74) is 6.40. The fraction of sp³-hybridized carbons (Fsp3) is 0.0625. The van der Waals surface area contributed by atoms with E-state index < -0.39 is 0 Å². The number of hydrogen-bond acceptors (Lipinski definition) is 4. The highest BCUT2D eigenvalue weighted by molar-refractivity contribution is 7.21. The van der Waals surface area contributed by atoms with Crippen molar-refractivity contribution >= 4 is 44.2 Å². The maximum atomic E-state index is 6.24. The molecule has 6 rings (SSSR count). The van der Waals surface area contributed by atoms with Crippen molar-refractivity contribution in [3.8, 4) is 16.3 Å². The summed E-state index contributed by atoms with van der Waals surface area (Å²) in [6.07, 6.45) is 1.91. The minimum absolute atomic E-state index is 0.510. The lowest BCUT2D eigenvalue weighted by molar-refractivity contribution is 0.306. The zero-order valence-corrected chi connectivity index (χ0v) is 20.7. The van der Waals surface area contributed by atoms with Crippen LogP contribution in [-0.2, 0) is 6.61 Å². The second kappa shape index (κ2) is 9.76. The maximum Gasteiger partial charge on any atom is 0.129 e. The van der Waals surface area contributed by atoms with Gasteiger partial charge in [0.25, 0.3) is 0 Å². The predicted octanol–water partition coefficient (Wildman–Crippen LogP) is 8.75. The van der Waals surface area contributed by atoms with Crippen molar-refractivity contribution in [2.45, 2.75) is 13.5 Å². The van der Waals surface area contributed by atoms with Gasteiger partial charge in [0, 0.05) is 17.3 Å². The van der Waals surface area contributed by atoms with Crippen LogP contribution in [0.4, 0.5) is 5.69 Å². The first-order chi connectivity index (χ1) is 17.7. The van der Waals surface area contributed by atoms with Crippen molar-refractivity contribution < 1.29 is 4.74 Å². The van der Waals surface area contributed by atoms with E-state index in [9.17, 15) is 0 Å². The molecule has 0 N–H and O–H groups in total. The molecule has 0 aliphatic heterocycles. The average Bonchev–Trinajstić information content (AvgIpc) is 3.35. The molecule has 6 aromatic rings. The topological polar surface area (TPSA) is 34.5 Å². The molecular weight excluding hydrogens is 460 g/mol. The van der Waals surface area contributed by atoms with Gasteiger partial charge in [0.1, 0.15) is 17.4 Å². The fourth-order valence-corrected chi connectivity index (χ4v) is 5.32. The molecule has 0 spiro atoms. The summed E-state index contributed by atoms with van der Waals surface area (Å²) < 4.78 is 7.45. The first-order valence-electron chi connectivity index (χ1n) is 11.9. The Labute approximate surface area is 214 Å². The van der Waals surface area contributed by atoms with E-state index in [1.54, 1.807) is 11.3 Å². The zero-order chi connectivity index (χ0) is 24.3. The van der Waals surface area contributed by atoms with Gasteiger partial charge in [-0.2, -0.15) is 0 Å². The van der Waals surface area contributed by atoms with E-state index in [0.29, 0.717) is 6.61 Å². The van der Waals surface area contributed by atoms with E-state index in [0.717, 1.165) is 49.4 Å². The van der Waals surface area contributed by atoms with Crippen molar-refractivity contribution in [3.05, 3.63) is 126 Å². The third kappa shape index (κ3) is 4.64. The molecule has 36 heavy (non-hydrogen) atoms. The highest BCUT2D eigenvalue weighted by Gasteiger charge is 2.09. The number of hydrogen-bond donors (Lipinski definition) is 0. The van der Waals surface area contributed by atoms with Crippen LogP contribution in [0.25, 0.3) is 31.6 Å². The van der Waals surface area contributed by atoms with Gasteiger partial charge in [-0.05, 0) is 71.3 Å². The molecule has 0 saturated carbocycles. The molecule has 174 valence electrons. The first-order valence-corrected chi connectivity index (χ1v) is 12.7. The number of aromatic nitrogens is 1. The molecule has 0 atom stereocenters. The van der Waals surface area contributed by atoms with Gasteiger partial charge in [0.05, 0.1) is 15.9 Å². The van der Waals surface area contributed by atoms with E-state index in [1.165, 1.54) is 10.3 Å². The van der Waals surface area contributed by atoms with Crippen molar-refractivity contribution in [3.63, 3.8) is 0 Å². The van der Waals surface area contributed by atoms with Crippen molar-refractivity contribution in [2.24, 2.45) is 4.99 Å². The van der Waals surface area contributed by atoms with Crippen LogP contribution >= 0.6 is 11.3 Å². The van der Waals surface area contributed by atoms with E-state index in [1.807, 2.05) is 42.6 Å². The van der Waals surface area contributed by atoms with E-state index in [2.05, 4.69) is 79.7 Å². The van der Waals surface area contributed by atoms with Crippen LogP contribution in [0, 0.1) is 6.92 Å². The summed E-state index contributed by atoms with van der Waals surface area (Å²) >= 11 is 1.72. The fourth-order valence-electron chi connectivity index (χ4n) is 4.25. The van der Waals surface area contributed by atoms with Gasteiger partial charge in [-0.1, -0.05) is 66.7 Å². The Hall–Kier alpha value is -4.28. The number of thiazole rings is 1. The second-order valence-electron chi connectivity index (χ2n) is 8.77. The van der Waals surface area contributed by atoms with E-state index in [4.69, 9.17) is 14.7 Å². The minimum atomic E-state index is 0.510. The summed E-state index contributed by atoms with van der Waals surface area (Å²) in [7, 11) is 0. The monoisotopic (exact) mass is 484 g/mol. The van der Waals surface area contributed by atoms with Crippen molar-refractivity contribution in [2.75, 3.05) is 0 Å². The molecule has 0 radical (unpaired) electrons. The first kappa shape index (κ1) is 22.2. The van der Waals surface area contributed by atoms with Crippen molar-refractivity contribution in [1.29, 1.82) is 0 Å². The Bertz CT molecular complexity index is 1690. The molecule has 3 nitrogen and oxygen atoms in total. The van der Waals surface area contributed by atoms with Crippen molar-refractivity contribution in [1.82, 2.24) is 4.98 Å². The normalized spacial score (nSPS) is 11.5. The van der Waals surface area contributed by atoms with Gasteiger partial charge in [0.2, 0.25) is 0 Å². The molecule has 4 heteroatoms. The zero-order valence-electron chi connectivity index (χ0n) is 19.9. The van der Waals surface area contributed by atoms with Crippen LogP contribution in [0.2, 0.25) is 0 Å². The summed E-state index contributed by atoms with van der Waals surface area (Å²) in [5, 5.41) is 3.30. The number of aryl methyl sites for hydroxylation is 1. The Morgan fingerprint density at radius 2 is 1.64 bits per heavy atom. The number of fused-ring (bicyclic) bond motifs is 2. The predicted molar refractivity (Wildman–Crippen MR) is 152 cm³/mol. The third-order valence-electron chi connectivity index (χ3n) is 6.17. The standard InChI is InChI=1S/C32H24N2OS/c1-22-11-17-29-31(19-22)36-32(34-29)25-12-15-26(16-13-25)33-20-28-27-10-6-5-9-24(27)14-18-30(28)35-21-23-7-3-2-4-8-23/h2-20H,21H2,1H3. The lowest BCUT2D eigenvalue weighted by atomic mass is 10.0. The molecule has 1 heterocycles. The molecule has 0 amide bonds. The van der Waals surface area contributed by atoms with Gasteiger partial charge < -0.3 is 4.74 Å². The molecule has 0 fully saturated rings. The van der Waals surface area contributed by atoms with Crippen LogP contribution in [0.3, 0.4) is 0 Å². The Kier molecular flexibility index (Phi) is 6.02. The van der Waals surface area contributed by atoms with Gasteiger partial charge in [-0.25, -0.2) is 4.98 Å². The lowest BCUT2D eigenvalue weighted by Crippen LogP contribution is -1.99. The average molecular weight is 485 g/mol. The second-order valence-corrected chi connectivity index (χ2v) is 9.80. The Morgan fingerprint density at radius 3 is 2.50 bits per heavy atom. The van der Waals surface area contributed by atoms with Gasteiger partial charge in [-0.3, -0.25) is 4.99 Å². The number of nitrogens with zero attached hydrogens (tertiary/aromatic N) is 2. The highest BCUT2D eigenvalue weighted by atomic mass is 32.1. The lowest BCUT2D eigenvalue weighted by Gasteiger charge is -2.12. The SMILES string of the molecule is Cc1ccc2nc(-c3ccc(N=Cc4c(OCc5ccccc5)ccc5ccccc45)cc3)sc2c1. The summed E-state index contributed by atoms with van der Waals surface area (Å²) in [6.45, 7) is 2.62. The molecule has 0 bridgehead atoms. The Morgan fingerprint density at radius 1 is 0.833 bits per heavy atom. The molecule has 1 aromatic heterocycles. The number of aliphatic imine (C=N–C) groups is 1. The van der Waals surface area contributed by atoms with E-state index in [-0.39, 0.29) is 0 Å². The number of benzene rings is 5.